The van der Waals surface area contributed by atoms with E-state index in [1.807, 2.05) is 0 Å². The molecule has 0 amide bonds. The Hall–Kier alpha value is -2.74. The number of hydrogen-bond acceptors (Lipinski definition) is 7. The maximum absolute atomic E-state index is 12.2. The van der Waals surface area contributed by atoms with E-state index in [-0.39, 0.29) is 23.4 Å². The largest absolute Gasteiger partial charge is 0.462 e. The number of aromatic amines is 1. The van der Waals surface area contributed by atoms with Gasteiger partial charge in [0.2, 0.25) is 5.43 Å². The van der Waals surface area contributed by atoms with Crippen LogP contribution in [0, 0.1) is 13.8 Å². The second-order valence-corrected chi connectivity index (χ2v) is 6.04. The summed E-state index contributed by atoms with van der Waals surface area (Å²) in [5, 5.41) is 7.14. The number of ether oxygens (including phenoxy) is 1. The third-order valence-corrected chi connectivity index (χ3v) is 4.05. The first-order valence-electron chi connectivity index (χ1n) is 6.78. The summed E-state index contributed by atoms with van der Waals surface area (Å²) in [6, 6.07) is 4.92. The molecule has 0 atom stereocenters. The molecule has 0 aliphatic rings. The number of rotatable bonds is 4. The summed E-state index contributed by atoms with van der Waals surface area (Å²) in [5.41, 5.74) is 0.719. The molecule has 3 aromatic rings. The smallest absolute Gasteiger partial charge is 0.358 e. The normalized spacial score (nSPS) is 10.7. The summed E-state index contributed by atoms with van der Waals surface area (Å²) < 4.78 is 10.4. The van der Waals surface area contributed by atoms with E-state index in [2.05, 4.69) is 15.2 Å². The van der Waals surface area contributed by atoms with Crippen molar-refractivity contribution in [3.8, 4) is 10.8 Å². The number of nitrogens with zero attached hydrogens (tertiary/aromatic N) is 2. The number of aryl methyl sites for hydroxylation is 2. The SMILES string of the molecule is Cc1cc(=O)c(COC(=O)c2nc(-c3ccco3)sc2C)n[nH]1. The second kappa shape index (κ2) is 6.17. The molecule has 0 saturated carbocycles. The predicted molar refractivity (Wildman–Crippen MR) is 83.3 cm³/mol. The molecule has 0 unspecified atom stereocenters. The van der Waals surface area contributed by atoms with Crippen LogP contribution in [0.5, 0.6) is 0 Å². The van der Waals surface area contributed by atoms with Gasteiger partial charge in [-0.05, 0) is 26.0 Å². The molecule has 7 nitrogen and oxygen atoms in total. The van der Waals surface area contributed by atoms with Crippen LogP contribution in [-0.2, 0) is 11.3 Å². The second-order valence-electron chi connectivity index (χ2n) is 4.84. The van der Waals surface area contributed by atoms with Gasteiger partial charge in [0, 0.05) is 16.6 Å². The van der Waals surface area contributed by atoms with Gasteiger partial charge in [0.05, 0.1) is 6.26 Å². The van der Waals surface area contributed by atoms with Crippen LogP contribution in [-0.4, -0.2) is 21.2 Å². The molecule has 0 aliphatic carbocycles. The first-order valence-corrected chi connectivity index (χ1v) is 7.60. The van der Waals surface area contributed by atoms with Gasteiger partial charge in [-0.1, -0.05) is 0 Å². The lowest BCUT2D eigenvalue weighted by atomic mass is 10.3. The maximum atomic E-state index is 12.2. The lowest BCUT2D eigenvalue weighted by Gasteiger charge is -2.02. The fourth-order valence-electron chi connectivity index (χ4n) is 1.92. The average Bonchev–Trinajstić information content (AvgIpc) is 3.15. The molecule has 0 saturated heterocycles. The number of carbonyl (C=O) groups is 1. The summed E-state index contributed by atoms with van der Waals surface area (Å²) in [4.78, 5) is 28.8. The highest BCUT2D eigenvalue weighted by Crippen LogP contribution is 2.28. The minimum absolute atomic E-state index is 0.142. The third kappa shape index (κ3) is 3.21. The number of furan rings is 1. The quantitative estimate of drug-likeness (QED) is 0.737. The zero-order chi connectivity index (χ0) is 16.4. The van der Waals surface area contributed by atoms with Crippen LogP contribution in [0.1, 0.15) is 26.8 Å². The Bertz CT molecular complexity index is 896. The van der Waals surface area contributed by atoms with Gasteiger partial charge in [0.15, 0.2) is 16.5 Å². The van der Waals surface area contributed by atoms with Gasteiger partial charge in [0.25, 0.3) is 0 Å². The first-order chi connectivity index (χ1) is 11.0. The number of aromatic nitrogens is 3. The number of thiazole rings is 1. The average molecular weight is 331 g/mol. The van der Waals surface area contributed by atoms with E-state index in [4.69, 9.17) is 9.15 Å². The van der Waals surface area contributed by atoms with Crippen molar-refractivity contribution in [2.45, 2.75) is 20.5 Å². The van der Waals surface area contributed by atoms with E-state index in [1.54, 1.807) is 32.2 Å². The van der Waals surface area contributed by atoms with Crippen LogP contribution >= 0.6 is 11.3 Å². The van der Waals surface area contributed by atoms with Crippen LogP contribution in [0.2, 0.25) is 0 Å². The highest BCUT2D eigenvalue weighted by atomic mass is 32.1. The Labute approximate surface area is 135 Å². The monoisotopic (exact) mass is 331 g/mol. The molecule has 3 rings (SSSR count). The molecule has 0 spiro atoms. The van der Waals surface area contributed by atoms with Gasteiger partial charge in [-0.25, -0.2) is 9.78 Å². The van der Waals surface area contributed by atoms with Gasteiger partial charge in [0.1, 0.15) is 12.3 Å². The Morgan fingerprint density at radius 2 is 2.26 bits per heavy atom. The van der Waals surface area contributed by atoms with Crippen LogP contribution in [0.4, 0.5) is 0 Å². The van der Waals surface area contributed by atoms with E-state index in [9.17, 15) is 9.59 Å². The van der Waals surface area contributed by atoms with Gasteiger partial charge in [-0.3, -0.25) is 9.89 Å². The molecule has 3 heterocycles. The molecule has 0 aliphatic heterocycles. The summed E-state index contributed by atoms with van der Waals surface area (Å²) in [6.07, 6.45) is 1.54. The lowest BCUT2D eigenvalue weighted by Crippen LogP contribution is -2.16. The predicted octanol–water partition coefficient (Wildman–Crippen LogP) is 2.46. The Morgan fingerprint density at radius 3 is 2.96 bits per heavy atom. The van der Waals surface area contributed by atoms with Crippen LogP contribution in [0.3, 0.4) is 0 Å². The molecular formula is C15H13N3O4S. The van der Waals surface area contributed by atoms with Gasteiger partial charge in [-0.2, -0.15) is 5.10 Å². The molecule has 8 heteroatoms. The summed E-state index contributed by atoms with van der Waals surface area (Å²) in [5.74, 6) is -0.00729. The van der Waals surface area contributed by atoms with Crippen molar-refractivity contribution in [2.24, 2.45) is 0 Å². The van der Waals surface area contributed by atoms with Gasteiger partial charge < -0.3 is 9.15 Å². The molecule has 23 heavy (non-hydrogen) atoms. The van der Waals surface area contributed by atoms with Crippen LogP contribution in [0.15, 0.2) is 33.7 Å². The van der Waals surface area contributed by atoms with Crippen molar-refractivity contribution >= 4 is 17.3 Å². The summed E-state index contributed by atoms with van der Waals surface area (Å²) in [7, 11) is 0. The van der Waals surface area contributed by atoms with Crippen LogP contribution < -0.4 is 5.43 Å². The van der Waals surface area contributed by atoms with Crippen LogP contribution in [0.25, 0.3) is 10.8 Å². The van der Waals surface area contributed by atoms with Crippen molar-refractivity contribution in [3.05, 3.63) is 56.6 Å². The minimum atomic E-state index is -0.599. The highest BCUT2D eigenvalue weighted by Gasteiger charge is 2.19. The number of nitrogens with one attached hydrogen (secondary N) is 1. The Morgan fingerprint density at radius 1 is 1.43 bits per heavy atom. The molecule has 0 bridgehead atoms. The third-order valence-electron chi connectivity index (χ3n) is 3.06. The first kappa shape index (κ1) is 15.2. The molecule has 0 radical (unpaired) electrons. The van der Waals surface area contributed by atoms with E-state index in [0.29, 0.717) is 21.3 Å². The van der Waals surface area contributed by atoms with Gasteiger partial charge >= 0.3 is 5.97 Å². The fraction of sp³-hybridized carbons (Fsp3) is 0.200. The number of carbonyl (C=O) groups excluding carboxylic acids is 1. The number of H-pyrrole nitrogens is 1. The summed E-state index contributed by atoms with van der Waals surface area (Å²) >= 11 is 1.34. The van der Waals surface area contributed by atoms with Crippen molar-refractivity contribution in [2.75, 3.05) is 0 Å². The zero-order valence-electron chi connectivity index (χ0n) is 12.5. The topological polar surface area (TPSA) is 98.1 Å². The van der Waals surface area contributed by atoms with E-state index < -0.39 is 5.97 Å². The molecule has 3 aromatic heterocycles. The zero-order valence-corrected chi connectivity index (χ0v) is 13.3. The lowest BCUT2D eigenvalue weighted by molar-refractivity contribution is 0.0458. The standard InChI is InChI=1S/C15H13N3O4S/c1-8-6-11(19)10(18-17-8)7-22-15(20)13-9(2)23-14(16-13)12-4-3-5-21-12/h3-6H,7H2,1-2H3,(H,17,19). The molecule has 0 fully saturated rings. The fourth-order valence-corrected chi connectivity index (χ4v) is 2.79. The molecule has 118 valence electrons. The molecule has 1 N–H and O–H groups in total. The van der Waals surface area contributed by atoms with Crippen molar-refractivity contribution < 1.29 is 13.9 Å². The Kier molecular flexibility index (Phi) is 4.07. The minimum Gasteiger partial charge on any atom is -0.462 e. The van der Waals surface area contributed by atoms with E-state index >= 15 is 0 Å². The van der Waals surface area contributed by atoms with Crippen molar-refractivity contribution in [3.63, 3.8) is 0 Å². The van der Waals surface area contributed by atoms with E-state index in [0.717, 1.165) is 0 Å². The number of hydrogen-bond donors (Lipinski definition) is 1. The maximum Gasteiger partial charge on any atom is 0.358 e. The van der Waals surface area contributed by atoms with Crippen molar-refractivity contribution in [1.29, 1.82) is 0 Å². The van der Waals surface area contributed by atoms with E-state index in [1.165, 1.54) is 17.4 Å². The molecular weight excluding hydrogens is 318 g/mol. The highest BCUT2D eigenvalue weighted by molar-refractivity contribution is 7.15. The summed E-state index contributed by atoms with van der Waals surface area (Å²) in [6.45, 7) is 3.29. The molecule has 0 aromatic carbocycles. The Balaban J connectivity index is 1.75. The number of esters is 1. The van der Waals surface area contributed by atoms with Gasteiger partial charge in [-0.15, -0.1) is 11.3 Å². The van der Waals surface area contributed by atoms with Crippen molar-refractivity contribution in [1.82, 2.24) is 15.2 Å².